The Bertz CT molecular complexity index is 306. The van der Waals surface area contributed by atoms with Crippen LogP contribution in [0.1, 0.15) is 40.0 Å². The molecule has 2 bridgehead atoms. The lowest BCUT2D eigenvalue weighted by Gasteiger charge is -2.56. The molecule has 0 aromatic heterocycles. The number of allylic oxidation sites excluding steroid dienone is 2. The lowest BCUT2D eigenvalue weighted by molar-refractivity contribution is -0.00887. The molecule has 0 saturated heterocycles. The Morgan fingerprint density at radius 1 is 1.64 bits per heavy atom. The van der Waals surface area contributed by atoms with Crippen LogP contribution in [0.2, 0.25) is 0 Å². The zero-order chi connectivity index (χ0) is 10.3. The van der Waals surface area contributed by atoms with E-state index >= 15 is 0 Å². The summed E-state index contributed by atoms with van der Waals surface area (Å²) in [5.41, 5.74) is 2.07. The highest BCUT2D eigenvalue weighted by atomic mass is 14.5. The van der Waals surface area contributed by atoms with Gasteiger partial charge in [0.2, 0.25) is 0 Å². The van der Waals surface area contributed by atoms with Crippen molar-refractivity contribution >= 4 is 0 Å². The van der Waals surface area contributed by atoms with Gasteiger partial charge >= 0.3 is 0 Å². The Morgan fingerprint density at radius 3 is 2.86 bits per heavy atom. The molecule has 0 radical (unpaired) electrons. The number of nitrogens with zero attached hydrogens (tertiary/aromatic N) is 1. The first kappa shape index (κ1) is 9.77. The topological polar surface area (TPSA) is 23.8 Å². The molecule has 0 unspecified atom stereocenters. The molecule has 3 aliphatic rings. The second kappa shape index (κ2) is 3.12. The van der Waals surface area contributed by atoms with E-state index in [0.717, 1.165) is 18.3 Å². The molecule has 1 heteroatoms. The minimum Gasteiger partial charge on any atom is -0.198 e. The van der Waals surface area contributed by atoms with Gasteiger partial charge < -0.3 is 0 Å². The van der Waals surface area contributed by atoms with Crippen LogP contribution in [0.4, 0.5) is 0 Å². The van der Waals surface area contributed by atoms with Crippen LogP contribution in [0.3, 0.4) is 0 Å². The van der Waals surface area contributed by atoms with E-state index in [-0.39, 0.29) is 5.92 Å². The lowest BCUT2D eigenvalue weighted by Crippen LogP contribution is -2.48. The Labute approximate surface area is 86.8 Å². The quantitative estimate of drug-likeness (QED) is 0.610. The molecule has 3 rings (SSSR count). The fourth-order valence-corrected chi connectivity index (χ4v) is 3.11. The molecule has 1 nitrogen and oxygen atoms in total. The number of hydrogen-bond acceptors (Lipinski definition) is 1. The van der Waals surface area contributed by atoms with Crippen molar-refractivity contribution in [2.45, 2.75) is 40.0 Å². The molecule has 3 aliphatic carbocycles. The van der Waals surface area contributed by atoms with E-state index in [9.17, 15) is 0 Å². The SMILES string of the molecule is C[C@H](C#N)CC1=CC[C@H]2C[C@H]1C2(C)C. The first-order chi connectivity index (χ1) is 6.55. The molecule has 1 fully saturated rings. The molecule has 3 atom stereocenters. The van der Waals surface area contributed by atoms with E-state index in [1.54, 1.807) is 5.57 Å². The van der Waals surface area contributed by atoms with Gasteiger partial charge in [0.05, 0.1) is 6.07 Å². The average molecular weight is 189 g/mol. The van der Waals surface area contributed by atoms with E-state index in [1.807, 2.05) is 6.92 Å². The molecular formula is C13H19N. The summed E-state index contributed by atoms with van der Waals surface area (Å²) in [6.45, 7) is 6.80. The molecule has 0 N–H and O–H groups in total. The van der Waals surface area contributed by atoms with Crippen molar-refractivity contribution in [3.8, 4) is 6.07 Å². The van der Waals surface area contributed by atoms with Gasteiger partial charge in [0.15, 0.2) is 0 Å². The van der Waals surface area contributed by atoms with Gasteiger partial charge in [-0.25, -0.2) is 0 Å². The maximum atomic E-state index is 8.82. The zero-order valence-electron chi connectivity index (χ0n) is 9.38. The summed E-state index contributed by atoms with van der Waals surface area (Å²) in [5, 5.41) is 8.82. The molecule has 0 heterocycles. The van der Waals surface area contributed by atoms with Gasteiger partial charge in [0.25, 0.3) is 0 Å². The number of fused-ring (bicyclic) bond motifs is 1. The highest BCUT2D eigenvalue weighted by Gasteiger charge is 2.50. The van der Waals surface area contributed by atoms with Gasteiger partial charge in [0.1, 0.15) is 0 Å². The van der Waals surface area contributed by atoms with E-state index in [2.05, 4.69) is 26.0 Å². The first-order valence-electron chi connectivity index (χ1n) is 5.64. The smallest absolute Gasteiger partial charge is 0.0656 e. The van der Waals surface area contributed by atoms with Crippen LogP contribution in [0, 0.1) is 34.5 Å². The fourth-order valence-electron chi connectivity index (χ4n) is 3.11. The Balaban J connectivity index is 2.08. The van der Waals surface area contributed by atoms with Gasteiger partial charge in [-0.05, 0) is 43.4 Å². The van der Waals surface area contributed by atoms with Crippen molar-refractivity contribution in [2.24, 2.45) is 23.2 Å². The number of hydrogen-bond donors (Lipinski definition) is 0. The van der Waals surface area contributed by atoms with Crippen molar-refractivity contribution in [3.05, 3.63) is 11.6 Å². The predicted molar refractivity (Wildman–Crippen MR) is 57.5 cm³/mol. The maximum absolute atomic E-state index is 8.82. The third-order valence-electron chi connectivity index (χ3n) is 4.34. The second-order valence-corrected chi connectivity index (χ2v) is 5.56. The highest BCUT2D eigenvalue weighted by molar-refractivity contribution is 5.24. The monoisotopic (exact) mass is 189 g/mol. The summed E-state index contributed by atoms with van der Waals surface area (Å²) in [4.78, 5) is 0. The van der Waals surface area contributed by atoms with Gasteiger partial charge in [-0.3, -0.25) is 0 Å². The van der Waals surface area contributed by atoms with Crippen LogP contribution in [0.25, 0.3) is 0 Å². The summed E-state index contributed by atoms with van der Waals surface area (Å²) in [6, 6.07) is 2.34. The molecule has 0 aromatic carbocycles. The second-order valence-electron chi connectivity index (χ2n) is 5.56. The minimum absolute atomic E-state index is 0.189. The standard InChI is InChI=1S/C13H19N/c1-9(8-14)6-10-4-5-11-7-12(10)13(11,2)3/h4,9,11-12H,5-7H2,1-3H3/t9-,11-,12+/m0/s1. The Hall–Kier alpha value is -0.770. The summed E-state index contributed by atoms with van der Waals surface area (Å²) >= 11 is 0. The third-order valence-corrected chi connectivity index (χ3v) is 4.34. The average Bonchev–Trinajstić information content (AvgIpc) is 2.17. The van der Waals surface area contributed by atoms with E-state index < -0.39 is 0 Å². The Morgan fingerprint density at radius 2 is 2.36 bits per heavy atom. The van der Waals surface area contributed by atoms with Gasteiger partial charge in [-0.15, -0.1) is 0 Å². The summed E-state index contributed by atoms with van der Waals surface area (Å²) in [5.74, 6) is 1.87. The molecule has 0 amide bonds. The Kier molecular flexibility index (Phi) is 2.18. The fraction of sp³-hybridized carbons (Fsp3) is 0.769. The molecular weight excluding hydrogens is 170 g/mol. The van der Waals surface area contributed by atoms with Crippen molar-refractivity contribution in [1.82, 2.24) is 0 Å². The van der Waals surface area contributed by atoms with Crippen LogP contribution in [-0.2, 0) is 0 Å². The minimum atomic E-state index is 0.189. The van der Waals surface area contributed by atoms with E-state index in [0.29, 0.717) is 5.41 Å². The highest BCUT2D eigenvalue weighted by Crippen LogP contribution is 2.60. The predicted octanol–water partition coefficient (Wildman–Crippen LogP) is 3.53. The van der Waals surface area contributed by atoms with Crippen molar-refractivity contribution in [2.75, 3.05) is 0 Å². The van der Waals surface area contributed by atoms with Gasteiger partial charge in [0, 0.05) is 5.92 Å². The largest absolute Gasteiger partial charge is 0.198 e. The van der Waals surface area contributed by atoms with Crippen LogP contribution < -0.4 is 0 Å². The van der Waals surface area contributed by atoms with Crippen molar-refractivity contribution in [3.63, 3.8) is 0 Å². The third kappa shape index (κ3) is 1.29. The van der Waals surface area contributed by atoms with Crippen LogP contribution >= 0.6 is 0 Å². The van der Waals surface area contributed by atoms with Gasteiger partial charge in [-0.1, -0.05) is 25.5 Å². The normalized spacial score (nSPS) is 35.1. The van der Waals surface area contributed by atoms with Crippen LogP contribution in [0.15, 0.2) is 11.6 Å². The zero-order valence-corrected chi connectivity index (χ0v) is 9.38. The molecule has 0 spiro atoms. The van der Waals surface area contributed by atoms with Crippen molar-refractivity contribution < 1.29 is 0 Å². The van der Waals surface area contributed by atoms with E-state index in [1.165, 1.54) is 12.8 Å². The van der Waals surface area contributed by atoms with Gasteiger partial charge in [-0.2, -0.15) is 5.26 Å². The van der Waals surface area contributed by atoms with E-state index in [4.69, 9.17) is 5.26 Å². The lowest BCUT2D eigenvalue weighted by atomic mass is 9.48. The molecule has 14 heavy (non-hydrogen) atoms. The maximum Gasteiger partial charge on any atom is 0.0656 e. The summed E-state index contributed by atoms with van der Waals surface area (Å²) < 4.78 is 0. The van der Waals surface area contributed by atoms with Crippen LogP contribution in [0.5, 0.6) is 0 Å². The summed E-state index contributed by atoms with van der Waals surface area (Å²) in [7, 11) is 0. The first-order valence-corrected chi connectivity index (χ1v) is 5.64. The molecule has 1 saturated carbocycles. The molecule has 0 aliphatic heterocycles. The number of nitriles is 1. The molecule has 0 aromatic rings. The number of rotatable bonds is 2. The van der Waals surface area contributed by atoms with Crippen LogP contribution in [-0.4, -0.2) is 0 Å². The molecule has 76 valence electrons. The van der Waals surface area contributed by atoms with Crippen molar-refractivity contribution in [1.29, 1.82) is 5.26 Å². The summed E-state index contributed by atoms with van der Waals surface area (Å²) in [6.07, 6.45) is 6.02.